The van der Waals surface area contributed by atoms with E-state index in [4.69, 9.17) is 0 Å². The molecule has 4 fully saturated rings. The van der Waals surface area contributed by atoms with Crippen molar-refractivity contribution in [1.82, 2.24) is 0 Å². The van der Waals surface area contributed by atoms with Gasteiger partial charge < -0.3 is 5.11 Å². The summed E-state index contributed by atoms with van der Waals surface area (Å²) in [5.41, 5.74) is 2.70. The first kappa shape index (κ1) is 14.3. The van der Waals surface area contributed by atoms with Gasteiger partial charge in [0.2, 0.25) is 0 Å². The Morgan fingerprint density at radius 3 is 2.52 bits per heavy atom. The van der Waals surface area contributed by atoms with Crippen LogP contribution in [0.5, 0.6) is 0 Å². The molecule has 4 aliphatic rings. The highest BCUT2D eigenvalue weighted by atomic mass is 16.3. The smallest absolute Gasteiger partial charge is 0.0594 e. The number of hydrogen-bond donors (Lipinski definition) is 1. The minimum absolute atomic E-state index is 0.0977. The summed E-state index contributed by atoms with van der Waals surface area (Å²) < 4.78 is 0. The molecule has 2 bridgehead atoms. The summed E-state index contributed by atoms with van der Waals surface area (Å²) in [6.45, 7) is 11.7. The zero-order valence-corrected chi connectivity index (χ0v) is 14.1. The van der Waals surface area contributed by atoms with Crippen LogP contribution in [0.25, 0.3) is 0 Å². The minimum Gasteiger partial charge on any atom is -0.393 e. The molecule has 4 saturated carbocycles. The highest BCUT2D eigenvalue weighted by Gasteiger charge is 2.64. The van der Waals surface area contributed by atoms with Gasteiger partial charge in [0.1, 0.15) is 0 Å². The van der Waals surface area contributed by atoms with Gasteiger partial charge in [0.25, 0.3) is 0 Å². The molecular weight excluding hydrogens is 256 g/mol. The summed E-state index contributed by atoms with van der Waals surface area (Å²) in [4.78, 5) is 0. The van der Waals surface area contributed by atoms with Crippen molar-refractivity contribution in [2.24, 2.45) is 34.0 Å². The average molecular weight is 288 g/mol. The van der Waals surface area contributed by atoms with E-state index in [1.54, 1.807) is 5.57 Å². The third kappa shape index (κ3) is 1.68. The van der Waals surface area contributed by atoms with Crippen molar-refractivity contribution in [3.8, 4) is 0 Å². The number of rotatable bonds is 0. The van der Waals surface area contributed by atoms with Crippen LogP contribution in [0.4, 0.5) is 0 Å². The van der Waals surface area contributed by atoms with Gasteiger partial charge in [-0.25, -0.2) is 0 Å². The lowest BCUT2D eigenvalue weighted by molar-refractivity contribution is -0.180. The summed E-state index contributed by atoms with van der Waals surface area (Å²) >= 11 is 0. The molecule has 118 valence electrons. The second-order valence-electron chi connectivity index (χ2n) is 9.70. The van der Waals surface area contributed by atoms with E-state index < -0.39 is 0 Å². The Hall–Kier alpha value is -0.300. The van der Waals surface area contributed by atoms with Crippen LogP contribution in [0.15, 0.2) is 12.2 Å². The molecule has 0 amide bonds. The van der Waals surface area contributed by atoms with Gasteiger partial charge in [-0.1, -0.05) is 32.9 Å². The van der Waals surface area contributed by atoms with E-state index in [-0.39, 0.29) is 11.5 Å². The van der Waals surface area contributed by atoms with Crippen molar-refractivity contribution < 1.29 is 5.11 Å². The van der Waals surface area contributed by atoms with Gasteiger partial charge in [-0.15, -0.1) is 0 Å². The Labute approximate surface area is 130 Å². The molecule has 0 radical (unpaired) electrons. The highest BCUT2D eigenvalue weighted by molar-refractivity contribution is 5.22. The fourth-order valence-corrected chi connectivity index (χ4v) is 7.57. The lowest BCUT2D eigenvalue weighted by Gasteiger charge is -2.64. The molecule has 21 heavy (non-hydrogen) atoms. The normalized spacial score (nSPS) is 55.0. The summed E-state index contributed by atoms with van der Waals surface area (Å²) in [5.74, 6) is 2.42. The first-order valence-corrected chi connectivity index (χ1v) is 9.15. The topological polar surface area (TPSA) is 20.2 Å². The summed E-state index contributed by atoms with van der Waals surface area (Å²) in [7, 11) is 0. The van der Waals surface area contributed by atoms with E-state index in [1.807, 2.05) is 0 Å². The molecule has 0 unspecified atom stereocenters. The number of fused-ring (bicyclic) bond motifs is 3. The monoisotopic (exact) mass is 288 g/mol. The quantitative estimate of drug-likeness (QED) is 0.626. The number of hydrogen-bond acceptors (Lipinski definition) is 1. The molecule has 6 atom stereocenters. The molecule has 1 N–H and O–H groups in total. The fourth-order valence-electron chi connectivity index (χ4n) is 7.57. The van der Waals surface area contributed by atoms with Crippen LogP contribution >= 0.6 is 0 Å². The van der Waals surface area contributed by atoms with Gasteiger partial charge in [0.05, 0.1) is 6.10 Å². The fraction of sp³-hybridized carbons (Fsp3) is 0.900. The molecule has 0 saturated heterocycles. The van der Waals surface area contributed by atoms with Gasteiger partial charge in [-0.2, -0.15) is 0 Å². The van der Waals surface area contributed by atoms with Crippen LogP contribution in [0.1, 0.15) is 72.1 Å². The van der Waals surface area contributed by atoms with Crippen molar-refractivity contribution in [3.05, 3.63) is 12.2 Å². The van der Waals surface area contributed by atoms with Crippen molar-refractivity contribution in [1.29, 1.82) is 0 Å². The maximum Gasteiger partial charge on any atom is 0.0594 e. The van der Waals surface area contributed by atoms with Crippen LogP contribution in [-0.2, 0) is 0 Å². The molecule has 1 heteroatoms. The predicted octanol–water partition coefficient (Wildman–Crippen LogP) is 4.95. The maximum atomic E-state index is 10.5. The number of aliphatic hydroxyl groups excluding tert-OH is 1. The Bertz CT molecular complexity index is 478. The second-order valence-corrected chi connectivity index (χ2v) is 9.70. The molecule has 0 aliphatic heterocycles. The molecule has 4 rings (SSSR count). The van der Waals surface area contributed by atoms with Crippen LogP contribution < -0.4 is 0 Å². The zero-order chi connectivity index (χ0) is 15.0. The van der Waals surface area contributed by atoms with Crippen molar-refractivity contribution in [3.63, 3.8) is 0 Å². The van der Waals surface area contributed by atoms with Crippen LogP contribution in [-0.4, -0.2) is 11.2 Å². The van der Waals surface area contributed by atoms with Gasteiger partial charge in [-0.05, 0) is 85.4 Å². The van der Waals surface area contributed by atoms with E-state index in [0.717, 1.165) is 18.3 Å². The van der Waals surface area contributed by atoms with Crippen molar-refractivity contribution >= 4 is 0 Å². The highest BCUT2D eigenvalue weighted by Crippen LogP contribution is 2.72. The van der Waals surface area contributed by atoms with E-state index >= 15 is 0 Å². The molecule has 0 aromatic heterocycles. The standard InChI is InChI=1S/C20H32O/c1-13-11-20-10-7-15-18(2,3)17(21)8-9-19(15,4)16(20)6-5-14(13)12-20/h14-17,21H,1,5-12H2,2-4H3/t14-,15-,16+,17-,19-,20-/m1/s1. The Kier molecular flexibility index (Phi) is 2.83. The lowest BCUT2D eigenvalue weighted by Crippen LogP contribution is -2.59. The Morgan fingerprint density at radius 2 is 1.76 bits per heavy atom. The van der Waals surface area contributed by atoms with Gasteiger partial charge in [-0.3, -0.25) is 0 Å². The van der Waals surface area contributed by atoms with E-state index in [2.05, 4.69) is 27.4 Å². The zero-order valence-electron chi connectivity index (χ0n) is 14.1. The van der Waals surface area contributed by atoms with Crippen LogP contribution in [0, 0.1) is 34.0 Å². The summed E-state index contributed by atoms with van der Waals surface area (Å²) in [6.07, 6.45) is 10.4. The van der Waals surface area contributed by atoms with E-state index in [1.165, 1.54) is 44.9 Å². The molecule has 0 aromatic carbocycles. The maximum absolute atomic E-state index is 10.5. The first-order valence-electron chi connectivity index (χ1n) is 9.15. The van der Waals surface area contributed by atoms with Crippen molar-refractivity contribution in [2.45, 2.75) is 78.2 Å². The number of allylic oxidation sites excluding steroid dienone is 1. The van der Waals surface area contributed by atoms with Gasteiger partial charge in [0.15, 0.2) is 0 Å². The second kappa shape index (κ2) is 4.16. The van der Waals surface area contributed by atoms with Crippen LogP contribution in [0.2, 0.25) is 0 Å². The minimum atomic E-state index is -0.0977. The SMILES string of the molecule is C=C1C[C@@]23CC[C@@H]4C(C)(C)[C@H](O)CC[C@@]4(C)[C@@H]2CC[C@@H]1C3. The molecule has 4 aliphatic carbocycles. The lowest BCUT2D eigenvalue weighted by atomic mass is 9.41. The van der Waals surface area contributed by atoms with Crippen LogP contribution in [0.3, 0.4) is 0 Å². The Morgan fingerprint density at radius 1 is 1.00 bits per heavy atom. The third-order valence-electron chi connectivity index (χ3n) is 8.59. The molecule has 1 spiro atoms. The molecule has 0 aromatic rings. The molecule has 1 nitrogen and oxygen atoms in total. The molecular formula is C20H32O. The van der Waals surface area contributed by atoms with E-state index in [9.17, 15) is 5.11 Å². The Balaban J connectivity index is 1.74. The number of aliphatic hydroxyl groups is 1. The van der Waals surface area contributed by atoms with Gasteiger partial charge in [0, 0.05) is 0 Å². The van der Waals surface area contributed by atoms with E-state index in [0.29, 0.717) is 16.7 Å². The summed E-state index contributed by atoms with van der Waals surface area (Å²) in [6, 6.07) is 0. The third-order valence-corrected chi connectivity index (χ3v) is 8.59. The first-order chi connectivity index (χ1) is 9.80. The average Bonchev–Trinajstić information content (AvgIpc) is 2.65. The van der Waals surface area contributed by atoms with Gasteiger partial charge >= 0.3 is 0 Å². The largest absolute Gasteiger partial charge is 0.393 e. The van der Waals surface area contributed by atoms with Crippen molar-refractivity contribution in [2.75, 3.05) is 0 Å². The molecule has 0 heterocycles. The summed E-state index contributed by atoms with van der Waals surface area (Å²) in [5, 5.41) is 10.5. The predicted molar refractivity (Wildman–Crippen MR) is 86.9 cm³/mol.